The van der Waals surface area contributed by atoms with E-state index in [1.807, 2.05) is 24.3 Å². The van der Waals surface area contributed by atoms with Gasteiger partial charge >= 0.3 is 0 Å². The lowest BCUT2D eigenvalue weighted by Gasteiger charge is -2.20. The van der Waals surface area contributed by atoms with Crippen molar-refractivity contribution in [3.63, 3.8) is 0 Å². The van der Waals surface area contributed by atoms with E-state index in [2.05, 4.69) is 41.9 Å². The number of ether oxygens (including phenoxy) is 1. The maximum Gasteiger partial charge on any atom is 0.223 e. The lowest BCUT2D eigenvalue weighted by molar-refractivity contribution is -0.125. The molecule has 1 fully saturated rings. The quantitative estimate of drug-likeness (QED) is 0.561. The first-order valence-electron chi connectivity index (χ1n) is 11.5. The van der Waals surface area contributed by atoms with E-state index < -0.39 is 0 Å². The molecule has 3 aromatic rings. The first-order valence-corrected chi connectivity index (χ1v) is 11.5. The lowest BCUT2D eigenvalue weighted by Crippen LogP contribution is -2.33. The van der Waals surface area contributed by atoms with Gasteiger partial charge in [-0.15, -0.1) is 0 Å². The van der Waals surface area contributed by atoms with Crippen LogP contribution in [0.4, 0.5) is 0 Å². The minimum absolute atomic E-state index is 0.193. The van der Waals surface area contributed by atoms with Crippen molar-refractivity contribution < 1.29 is 9.53 Å². The second-order valence-corrected chi connectivity index (χ2v) is 8.66. The topological polar surface area (TPSA) is 56.1 Å². The summed E-state index contributed by atoms with van der Waals surface area (Å²) in [6.07, 6.45) is 6.39. The summed E-state index contributed by atoms with van der Waals surface area (Å²) in [6.45, 7) is 6.09. The van der Waals surface area contributed by atoms with E-state index >= 15 is 0 Å². The molecule has 164 valence electrons. The number of carbonyl (C=O) groups excluding carboxylic acids is 1. The maximum absolute atomic E-state index is 12.5. The van der Waals surface area contributed by atoms with Gasteiger partial charge in [0.15, 0.2) is 0 Å². The summed E-state index contributed by atoms with van der Waals surface area (Å²) in [5, 5.41) is 3.14. The summed E-state index contributed by atoms with van der Waals surface area (Å²) in [6, 6.07) is 14.5. The Kier molecular flexibility index (Phi) is 6.90. The van der Waals surface area contributed by atoms with Gasteiger partial charge in [0.25, 0.3) is 0 Å². The minimum Gasteiger partial charge on any atom is -0.491 e. The van der Waals surface area contributed by atoms with E-state index in [0.717, 1.165) is 54.0 Å². The van der Waals surface area contributed by atoms with Crippen molar-refractivity contribution in [2.75, 3.05) is 13.2 Å². The van der Waals surface area contributed by atoms with Gasteiger partial charge < -0.3 is 14.6 Å². The highest BCUT2D eigenvalue weighted by molar-refractivity contribution is 5.78. The molecule has 5 heteroatoms. The van der Waals surface area contributed by atoms with E-state index in [1.165, 1.54) is 24.8 Å². The molecule has 0 bridgehead atoms. The highest BCUT2D eigenvalue weighted by Gasteiger charge is 2.20. The van der Waals surface area contributed by atoms with Crippen LogP contribution < -0.4 is 10.1 Å². The molecule has 0 radical (unpaired) electrons. The van der Waals surface area contributed by atoms with Gasteiger partial charge in [-0.05, 0) is 50.5 Å². The van der Waals surface area contributed by atoms with Gasteiger partial charge in [-0.1, -0.05) is 49.1 Å². The second-order valence-electron chi connectivity index (χ2n) is 8.66. The summed E-state index contributed by atoms with van der Waals surface area (Å²) < 4.78 is 8.30. The van der Waals surface area contributed by atoms with E-state index in [1.54, 1.807) is 0 Å². The number of amides is 1. The number of nitrogens with zero attached hydrogens (tertiary/aromatic N) is 2. The molecule has 1 saturated carbocycles. The van der Waals surface area contributed by atoms with E-state index in [4.69, 9.17) is 9.72 Å². The summed E-state index contributed by atoms with van der Waals surface area (Å²) in [5.41, 5.74) is 4.49. The standard InChI is InChI=1S/C26H33N3O2/c1-19-12-13-24(20(2)18-19)31-17-16-29-23-11-7-6-10-22(23)28-25(29)14-15-27-26(30)21-8-4-3-5-9-21/h6-7,10-13,18,21H,3-5,8-9,14-17H2,1-2H3,(H,27,30). The van der Waals surface area contributed by atoms with Crippen LogP contribution in [0.3, 0.4) is 0 Å². The van der Waals surface area contributed by atoms with Crippen LogP contribution in [0.2, 0.25) is 0 Å². The Morgan fingerprint density at radius 3 is 2.74 bits per heavy atom. The van der Waals surface area contributed by atoms with Crippen molar-refractivity contribution in [1.82, 2.24) is 14.9 Å². The summed E-state index contributed by atoms with van der Waals surface area (Å²) in [4.78, 5) is 17.3. The number of para-hydroxylation sites is 2. The van der Waals surface area contributed by atoms with Gasteiger partial charge in [0.05, 0.1) is 17.6 Å². The molecule has 0 atom stereocenters. The van der Waals surface area contributed by atoms with Gasteiger partial charge in [0.1, 0.15) is 18.2 Å². The molecule has 1 aromatic heterocycles. The molecule has 0 saturated heterocycles. The van der Waals surface area contributed by atoms with Crippen LogP contribution in [-0.2, 0) is 17.8 Å². The van der Waals surface area contributed by atoms with Gasteiger partial charge in [0.2, 0.25) is 5.91 Å². The number of aryl methyl sites for hydroxylation is 2. The lowest BCUT2D eigenvalue weighted by atomic mass is 9.89. The highest BCUT2D eigenvalue weighted by Crippen LogP contribution is 2.24. The Hall–Kier alpha value is -2.82. The second kappa shape index (κ2) is 9.99. The number of fused-ring (bicyclic) bond motifs is 1. The number of benzene rings is 2. The molecule has 2 aromatic carbocycles. The molecule has 0 spiro atoms. The molecule has 31 heavy (non-hydrogen) atoms. The molecule has 4 rings (SSSR count). The fourth-order valence-electron chi connectivity index (χ4n) is 4.58. The molecule has 0 unspecified atom stereocenters. The van der Waals surface area contributed by atoms with Crippen LogP contribution in [0.5, 0.6) is 5.75 Å². The molecule has 5 nitrogen and oxygen atoms in total. The normalized spacial score (nSPS) is 14.6. The van der Waals surface area contributed by atoms with Gasteiger partial charge in [0, 0.05) is 18.9 Å². The Morgan fingerprint density at radius 1 is 1.13 bits per heavy atom. The Morgan fingerprint density at radius 2 is 1.94 bits per heavy atom. The van der Waals surface area contributed by atoms with Gasteiger partial charge in [-0.25, -0.2) is 4.98 Å². The minimum atomic E-state index is 0.193. The predicted octanol–water partition coefficient (Wildman–Crippen LogP) is 4.97. The van der Waals surface area contributed by atoms with E-state index in [-0.39, 0.29) is 11.8 Å². The third-order valence-electron chi connectivity index (χ3n) is 6.26. The Bertz CT molecular complexity index is 1030. The van der Waals surface area contributed by atoms with Crippen molar-refractivity contribution >= 4 is 16.9 Å². The fraction of sp³-hybridized carbons (Fsp3) is 0.462. The summed E-state index contributed by atoms with van der Waals surface area (Å²) in [5.74, 6) is 2.32. The number of hydrogen-bond donors (Lipinski definition) is 1. The number of imidazole rings is 1. The number of nitrogens with one attached hydrogen (secondary N) is 1. The van der Waals surface area contributed by atoms with Crippen LogP contribution >= 0.6 is 0 Å². The zero-order valence-electron chi connectivity index (χ0n) is 18.7. The van der Waals surface area contributed by atoms with Crippen molar-refractivity contribution in [3.05, 3.63) is 59.4 Å². The van der Waals surface area contributed by atoms with Crippen LogP contribution in [0.15, 0.2) is 42.5 Å². The number of aromatic nitrogens is 2. The largest absolute Gasteiger partial charge is 0.491 e. The molecular weight excluding hydrogens is 386 g/mol. The predicted molar refractivity (Wildman–Crippen MR) is 124 cm³/mol. The Labute approximate surface area is 184 Å². The van der Waals surface area contributed by atoms with Gasteiger partial charge in [-0.3, -0.25) is 4.79 Å². The number of carbonyl (C=O) groups is 1. The molecule has 1 heterocycles. The van der Waals surface area contributed by atoms with Crippen molar-refractivity contribution in [2.24, 2.45) is 5.92 Å². The van der Waals surface area contributed by atoms with Crippen molar-refractivity contribution in [2.45, 2.75) is 58.9 Å². The van der Waals surface area contributed by atoms with Crippen LogP contribution in [0.25, 0.3) is 11.0 Å². The third kappa shape index (κ3) is 5.27. The molecular formula is C26H33N3O2. The SMILES string of the molecule is Cc1ccc(OCCn2c(CCNC(=O)C3CCCCC3)nc3ccccc32)c(C)c1. The summed E-state index contributed by atoms with van der Waals surface area (Å²) in [7, 11) is 0. The molecule has 1 N–H and O–H groups in total. The van der Waals surface area contributed by atoms with Crippen molar-refractivity contribution in [1.29, 1.82) is 0 Å². The van der Waals surface area contributed by atoms with Crippen LogP contribution in [-0.4, -0.2) is 28.6 Å². The highest BCUT2D eigenvalue weighted by atomic mass is 16.5. The first kappa shape index (κ1) is 21.4. The number of hydrogen-bond acceptors (Lipinski definition) is 3. The zero-order valence-corrected chi connectivity index (χ0v) is 18.7. The average molecular weight is 420 g/mol. The van der Waals surface area contributed by atoms with Gasteiger partial charge in [-0.2, -0.15) is 0 Å². The Balaban J connectivity index is 1.40. The van der Waals surface area contributed by atoms with Crippen LogP contribution in [0.1, 0.15) is 49.1 Å². The average Bonchev–Trinajstić information content (AvgIpc) is 3.13. The summed E-state index contributed by atoms with van der Waals surface area (Å²) >= 11 is 0. The fourth-order valence-corrected chi connectivity index (χ4v) is 4.58. The number of rotatable bonds is 8. The van der Waals surface area contributed by atoms with Crippen molar-refractivity contribution in [3.8, 4) is 5.75 Å². The molecule has 1 amide bonds. The zero-order chi connectivity index (χ0) is 21.6. The monoisotopic (exact) mass is 419 g/mol. The maximum atomic E-state index is 12.5. The van der Waals surface area contributed by atoms with E-state index in [0.29, 0.717) is 13.2 Å². The molecule has 1 aliphatic carbocycles. The first-order chi connectivity index (χ1) is 15.1. The molecule has 0 aliphatic heterocycles. The third-order valence-corrected chi connectivity index (χ3v) is 6.26. The smallest absolute Gasteiger partial charge is 0.223 e. The molecule has 1 aliphatic rings. The van der Waals surface area contributed by atoms with E-state index in [9.17, 15) is 4.79 Å². The van der Waals surface area contributed by atoms with Crippen LogP contribution in [0, 0.1) is 19.8 Å².